The van der Waals surface area contributed by atoms with Crippen LogP contribution < -0.4 is 19.5 Å². The number of carboxylic acids is 1. The molecular formula is C20H21NO6. The molecule has 2 N–H and O–H groups in total. The number of nitrogens with one attached hydrogen (secondary N) is 1. The molecule has 0 spiro atoms. The number of aliphatic carboxylic acids is 1. The maximum atomic E-state index is 12.7. The topological polar surface area (TPSA) is 94.1 Å². The lowest BCUT2D eigenvalue weighted by molar-refractivity contribution is -0.139. The highest BCUT2D eigenvalue weighted by atomic mass is 16.5. The molecule has 0 fully saturated rings. The molecule has 7 nitrogen and oxygen atoms in total. The average molecular weight is 371 g/mol. The van der Waals surface area contributed by atoms with E-state index in [0.717, 1.165) is 23.3 Å². The Morgan fingerprint density at radius 3 is 2.41 bits per heavy atom. The fourth-order valence-corrected chi connectivity index (χ4v) is 3.11. The van der Waals surface area contributed by atoms with E-state index in [9.17, 15) is 14.7 Å². The third-order valence-electron chi connectivity index (χ3n) is 4.58. The van der Waals surface area contributed by atoms with E-state index in [1.165, 1.54) is 14.2 Å². The zero-order valence-corrected chi connectivity index (χ0v) is 15.4. The van der Waals surface area contributed by atoms with Crippen molar-refractivity contribution in [3.63, 3.8) is 0 Å². The molecule has 27 heavy (non-hydrogen) atoms. The summed E-state index contributed by atoms with van der Waals surface area (Å²) in [4.78, 5) is 24.5. The lowest BCUT2D eigenvalue weighted by Gasteiger charge is -2.17. The molecule has 2 aromatic rings. The van der Waals surface area contributed by atoms with Crippen molar-refractivity contribution in [1.82, 2.24) is 5.32 Å². The van der Waals surface area contributed by atoms with E-state index >= 15 is 0 Å². The Balaban J connectivity index is 1.89. The second-order valence-corrected chi connectivity index (χ2v) is 6.22. The molecule has 1 amide bonds. The number of hydrogen-bond acceptors (Lipinski definition) is 5. The van der Waals surface area contributed by atoms with E-state index in [1.54, 1.807) is 30.3 Å². The summed E-state index contributed by atoms with van der Waals surface area (Å²) in [6.45, 7) is 2.39. The number of rotatable bonds is 6. The Kier molecular flexibility index (Phi) is 5.21. The normalized spacial score (nSPS) is 13.3. The SMILES string of the molecule is COc1cc(C(=O)NC(C(=O)O)c2ccc3c(c2)CCO3)cc(OC)c1C. The number of methoxy groups -OCH3 is 2. The zero-order valence-electron chi connectivity index (χ0n) is 15.4. The molecule has 1 aliphatic heterocycles. The van der Waals surface area contributed by atoms with Crippen LogP contribution in [-0.4, -0.2) is 37.8 Å². The van der Waals surface area contributed by atoms with E-state index < -0.39 is 17.9 Å². The number of carbonyl (C=O) groups excluding carboxylic acids is 1. The van der Waals surface area contributed by atoms with Crippen molar-refractivity contribution in [3.8, 4) is 17.2 Å². The Morgan fingerprint density at radius 1 is 1.15 bits per heavy atom. The van der Waals surface area contributed by atoms with E-state index in [1.807, 2.05) is 6.92 Å². The molecule has 7 heteroatoms. The van der Waals surface area contributed by atoms with Crippen molar-refractivity contribution in [2.24, 2.45) is 0 Å². The van der Waals surface area contributed by atoms with Crippen LogP contribution >= 0.6 is 0 Å². The Bertz CT molecular complexity index is 867. The molecule has 0 radical (unpaired) electrons. The molecule has 1 aliphatic rings. The van der Waals surface area contributed by atoms with Gasteiger partial charge in [0, 0.05) is 17.5 Å². The number of ether oxygens (including phenoxy) is 3. The lowest BCUT2D eigenvalue weighted by atomic mass is 10.0. The molecule has 2 aromatic carbocycles. The fourth-order valence-electron chi connectivity index (χ4n) is 3.11. The molecule has 0 aromatic heterocycles. The molecular weight excluding hydrogens is 350 g/mol. The van der Waals surface area contributed by atoms with Gasteiger partial charge in [-0.3, -0.25) is 4.79 Å². The minimum atomic E-state index is -1.18. The minimum Gasteiger partial charge on any atom is -0.496 e. The monoisotopic (exact) mass is 371 g/mol. The number of carboxylic acid groups (broad SMARTS) is 1. The summed E-state index contributed by atoms with van der Waals surface area (Å²) in [6.07, 6.45) is 0.718. The highest BCUT2D eigenvalue weighted by Gasteiger charge is 2.25. The predicted octanol–water partition coefficient (Wildman–Crippen LogP) is 2.50. The number of carbonyl (C=O) groups is 2. The number of amides is 1. The molecule has 0 saturated carbocycles. The first-order valence-corrected chi connectivity index (χ1v) is 8.46. The van der Waals surface area contributed by atoms with Crippen LogP contribution in [-0.2, 0) is 11.2 Å². The number of benzene rings is 2. The van der Waals surface area contributed by atoms with Gasteiger partial charge in [0.2, 0.25) is 0 Å². The predicted molar refractivity (Wildman–Crippen MR) is 97.8 cm³/mol. The number of hydrogen-bond donors (Lipinski definition) is 2. The zero-order chi connectivity index (χ0) is 19.6. The first kappa shape index (κ1) is 18.6. The summed E-state index contributed by atoms with van der Waals surface area (Å²) in [5.41, 5.74) is 2.44. The van der Waals surface area contributed by atoms with Crippen LogP contribution in [0.15, 0.2) is 30.3 Å². The lowest BCUT2D eigenvalue weighted by Crippen LogP contribution is -2.33. The Morgan fingerprint density at radius 2 is 1.81 bits per heavy atom. The van der Waals surface area contributed by atoms with Crippen molar-refractivity contribution < 1.29 is 28.9 Å². The summed E-state index contributed by atoms with van der Waals surface area (Å²) in [7, 11) is 2.99. The van der Waals surface area contributed by atoms with Crippen LogP contribution in [0.1, 0.15) is 33.1 Å². The van der Waals surface area contributed by atoms with Crippen LogP contribution in [0.3, 0.4) is 0 Å². The first-order valence-electron chi connectivity index (χ1n) is 8.46. The number of fused-ring (bicyclic) bond motifs is 1. The van der Waals surface area contributed by atoms with E-state index in [0.29, 0.717) is 23.7 Å². The fraction of sp³-hybridized carbons (Fsp3) is 0.300. The van der Waals surface area contributed by atoms with Gasteiger partial charge in [-0.1, -0.05) is 6.07 Å². The van der Waals surface area contributed by atoms with Gasteiger partial charge in [-0.05, 0) is 42.3 Å². The van der Waals surface area contributed by atoms with Gasteiger partial charge in [0.05, 0.1) is 20.8 Å². The molecule has 3 rings (SSSR count). The highest BCUT2D eigenvalue weighted by molar-refractivity contribution is 5.97. The van der Waals surface area contributed by atoms with Gasteiger partial charge < -0.3 is 24.6 Å². The molecule has 0 saturated heterocycles. The maximum absolute atomic E-state index is 12.7. The van der Waals surface area contributed by atoms with E-state index in [-0.39, 0.29) is 5.56 Å². The van der Waals surface area contributed by atoms with Crippen LogP contribution in [0.2, 0.25) is 0 Å². The molecule has 0 aliphatic carbocycles. The largest absolute Gasteiger partial charge is 0.496 e. The molecule has 142 valence electrons. The van der Waals surface area contributed by atoms with Crippen molar-refractivity contribution in [3.05, 3.63) is 52.6 Å². The van der Waals surface area contributed by atoms with Crippen LogP contribution in [0, 0.1) is 6.92 Å². The van der Waals surface area contributed by atoms with Gasteiger partial charge in [-0.15, -0.1) is 0 Å². The van der Waals surface area contributed by atoms with Crippen molar-refractivity contribution in [2.45, 2.75) is 19.4 Å². The average Bonchev–Trinajstić information content (AvgIpc) is 3.13. The summed E-state index contributed by atoms with van der Waals surface area (Å²) in [5.74, 6) is 0.0494. The summed E-state index contributed by atoms with van der Waals surface area (Å²) < 4.78 is 16.0. The van der Waals surface area contributed by atoms with Gasteiger partial charge in [0.1, 0.15) is 17.2 Å². The van der Waals surface area contributed by atoms with Crippen molar-refractivity contribution in [1.29, 1.82) is 0 Å². The second-order valence-electron chi connectivity index (χ2n) is 6.22. The first-order chi connectivity index (χ1) is 12.9. The Hall–Kier alpha value is -3.22. The second kappa shape index (κ2) is 7.57. The minimum absolute atomic E-state index is 0.255. The van der Waals surface area contributed by atoms with Gasteiger partial charge in [0.15, 0.2) is 6.04 Å². The highest BCUT2D eigenvalue weighted by Crippen LogP contribution is 2.31. The van der Waals surface area contributed by atoms with Gasteiger partial charge in [-0.25, -0.2) is 4.79 Å². The van der Waals surface area contributed by atoms with Crippen LogP contribution in [0.4, 0.5) is 0 Å². The smallest absolute Gasteiger partial charge is 0.330 e. The van der Waals surface area contributed by atoms with Gasteiger partial charge in [-0.2, -0.15) is 0 Å². The van der Waals surface area contributed by atoms with Crippen molar-refractivity contribution >= 4 is 11.9 Å². The summed E-state index contributed by atoms with van der Waals surface area (Å²) >= 11 is 0. The summed E-state index contributed by atoms with van der Waals surface area (Å²) in [5, 5.41) is 12.2. The molecule has 1 unspecified atom stereocenters. The maximum Gasteiger partial charge on any atom is 0.330 e. The molecule has 1 heterocycles. The van der Waals surface area contributed by atoms with Crippen LogP contribution in [0.25, 0.3) is 0 Å². The van der Waals surface area contributed by atoms with Crippen LogP contribution in [0.5, 0.6) is 17.2 Å². The van der Waals surface area contributed by atoms with E-state index in [4.69, 9.17) is 14.2 Å². The quantitative estimate of drug-likeness (QED) is 0.810. The Labute approximate surface area is 156 Å². The van der Waals surface area contributed by atoms with Gasteiger partial charge >= 0.3 is 5.97 Å². The molecule has 1 atom stereocenters. The third kappa shape index (κ3) is 3.67. The third-order valence-corrected chi connectivity index (χ3v) is 4.58. The van der Waals surface area contributed by atoms with E-state index in [2.05, 4.69) is 5.32 Å². The van der Waals surface area contributed by atoms with Crippen molar-refractivity contribution in [2.75, 3.05) is 20.8 Å². The standard InChI is InChI=1S/C20H21NO6/c1-11-16(25-2)9-14(10-17(11)26-3)19(22)21-18(20(23)24)13-4-5-15-12(8-13)6-7-27-15/h4-5,8-10,18H,6-7H2,1-3H3,(H,21,22)(H,23,24). The van der Waals surface area contributed by atoms with Gasteiger partial charge in [0.25, 0.3) is 5.91 Å². The summed E-state index contributed by atoms with van der Waals surface area (Å²) in [6, 6.07) is 7.09. The molecule has 0 bridgehead atoms.